The molecular formula is C28H32N2O4S. The highest BCUT2D eigenvalue weighted by atomic mass is 32.2. The van der Waals surface area contributed by atoms with Gasteiger partial charge in [-0.15, -0.1) is 0 Å². The van der Waals surface area contributed by atoms with Gasteiger partial charge in [0.1, 0.15) is 5.75 Å². The molecule has 35 heavy (non-hydrogen) atoms. The van der Waals surface area contributed by atoms with E-state index < -0.39 is 10.0 Å². The summed E-state index contributed by atoms with van der Waals surface area (Å²) in [6.45, 7) is 3.67. The molecule has 1 fully saturated rings. The topological polar surface area (TPSA) is 75.7 Å². The smallest absolute Gasteiger partial charge is 0.243 e. The fourth-order valence-electron chi connectivity index (χ4n) is 4.36. The van der Waals surface area contributed by atoms with Crippen molar-refractivity contribution in [2.45, 2.75) is 43.5 Å². The van der Waals surface area contributed by atoms with E-state index >= 15 is 0 Å². The highest BCUT2D eigenvalue weighted by molar-refractivity contribution is 7.89. The van der Waals surface area contributed by atoms with Crippen molar-refractivity contribution in [1.82, 2.24) is 9.62 Å². The average Bonchev–Trinajstić information content (AvgIpc) is 2.89. The number of ether oxygens (including phenoxy) is 1. The Labute approximate surface area is 208 Å². The molecule has 1 saturated heterocycles. The Morgan fingerprint density at radius 1 is 0.886 bits per heavy atom. The summed E-state index contributed by atoms with van der Waals surface area (Å²) in [6, 6.07) is 23.9. The highest BCUT2D eigenvalue weighted by Crippen LogP contribution is 2.25. The molecule has 7 heteroatoms. The molecular weight excluding hydrogens is 460 g/mol. The molecule has 0 bridgehead atoms. The zero-order valence-corrected chi connectivity index (χ0v) is 20.8. The van der Waals surface area contributed by atoms with Crippen molar-refractivity contribution < 1.29 is 17.9 Å². The minimum atomic E-state index is -3.48. The lowest BCUT2D eigenvalue weighted by atomic mass is 9.98. The summed E-state index contributed by atoms with van der Waals surface area (Å²) in [5.41, 5.74) is 2.70. The summed E-state index contributed by atoms with van der Waals surface area (Å²) in [7, 11) is -3.48. The highest BCUT2D eigenvalue weighted by Gasteiger charge is 2.26. The lowest BCUT2D eigenvalue weighted by molar-refractivity contribution is -0.120. The van der Waals surface area contributed by atoms with Gasteiger partial charge >= 0.3 is 0 Å². The molecule has 1 aliphatic rings. The van der Waals surface area contributed by atoms with Crippen LogP contribution in [0, 0.1) is 0 Å². The van der Waals surface area contributed by atoms with Gasteiger partial charge in [-0.25, -0.2) is 8.42 Å². The maximum atomic E-state index is 13.0. The third-order valence-electron chi connectivity index (χ3n) is 6.20. The summed E-state index contributed by atoms with van der Waals surface area (Å²) >= 11 is 0. The van der Waals surface area contributed by atoms with Gasteiger partial charge in [0, 0.05) is 13.1 Å². The molecule has 1 N–H and O–H groups in total. The largest absolute Gasteiger partial charge is 0.494 e. The first-order valence-electron chi connectivity index (χ1n) is 12.1. The SMILES string of the molecule is CCOc1ccc(C(NC(=O)Cc2ccc(S(=O)(=O)N3CCCCC3)cc2)c2ccccc2)cc1. The molecule has 184 valence electrons. The Hall–Kier alpha value is -3.16. The first-order valence-corrected chi connectivity index (χ1v) is 13.6. The third-order valence-corrected chi connectivity index (χ3v) is 8.12. The lowest BCUT2D eigenvalue weighted by Crippen LogP contribution is -2.35. The fraction of sp³-hybridized carbons (Fsp3) is 0.321. The second-order valence-corrected chi connectivity index (χ2v) is 10.6. The molecule has 6 nitrogen and oxygen atoms in total. The number of amides is 1. The van der Waals surface area contributed by atoms with Gasteiger partial charge in [0.15, 0.2) is 0 Å². The van der Waals surface area contributed by atoms with Crippen LogP contribution in [0.25, 0.3) is 0 Å². The van der Waals surface area contributed by atoms with Gasteiger partial charge in [0.2, 0.25) is 15.9 Å². The van der Waals surface area contributed by atoms with Gasteiger partial charge in [0.05, 0.1) is 24.0 Å². The quantitative estimate of drug-likeness (QED) is 0.470. The third kappa shape index (κ3) is 6.29. The Morgan fingerprint density at radius 2 is 1.51 bits per heavy atom. The van der Waals surface area contributed by atoms with Crippen molar-refractivity contribution in [2.75, 3.05) is 19.7 Å². The van der Waals surface area contributed by atoms with Crippen LogP contribution in [0.3, 0.4) is 0 Å². The van der Waals surface area contributed by atoms with E-state index in [-0.39, 0.29) is 23.3 Å². The number of sulfonamides is 1. The van der Waals surface area contributed by atoms with E-state index in [4.69, 9.17) is 4.74 Å². The molecule has 3 aromatic rings. The first kappa shape index (κ1) is 24.9. The van der Waals surface area contributed by atoms with Crippen molar-refractivity contribution in [3.63, 3.8) is 0 Å². The number of rotatable bonds is 9. The van der Waals surface area contributed by atoms with Crippen molar-refractivity contribution in [3.05, 3.63) is 95.6 Å². The summed E-state index contributed by atoms with van der Waals surface area (Å²) in [4.78, 5) is 13.3. The fourth-order valence-corrected chi connectivity index (χ4v) is 5.88. The van der Waals surface area contributed by atoms with Crippen LogP contribution in [0.4, 0.5) is 0 Å². The van der Waals surface area contributed by atoms with Crippen molar-refractivity contribution in [3.8, 4) is 5.75 Å². The summed E-state index contributed by atoms with van der Waals surface area (Å²) in [6.07, 6.45) is 3.02. The van der Waals surface area contributed by atoms with Gasteiger partial charge in [-0.2, -0.15) is 4.31 Å². The van der Waals surface area contributed by atoms with Crippen LogP contribution < -0.4 is 10.1 Å². The van der Waals surface area contributed by atoms with Crippen LogP contribution in [0.1, 0.15) is 48.9 Å². The number of benzene rings is 3. The number of carbonyl (C=O) groups excluding carboxylic acids is 1. The minimum absolute atomic E-state index is 0.139. The number of carbonyl (C=O) groups is 1. The summed E-state index contributed by atoms with van der Waals surface area (Å²) < 4.78 is 32.9. The molecule has 4 rings (SSSR count). The predicted octanol–water partition coefficient (Wildman–Crippen LogP) is 4.71. The molecule has 1 heterocycles. The van der Waals surface area contributed by atoms with Crippen molar-refractivity contribution in [2.24, 2.45) is 0 Å². The Morgan fingerprint density at radius 3 is 2.14 bits per heavy atom. The molecule has 0 saturated carbocycles. The number of nitrogens with one attached hydrogen (secondary N) is 1. The molecule has 1 unspecified atom stereocenters. The zero-order chi connectivity index (χ0) is 24.7. The van der Waals surface area contributed by atoms with Crippen molar-refractivity contribution >= 4 is 15.9 Å². The van der Waals surface area contributed by atoms with Gasteiger partial charge in [-0.1, -0.05) is 61.0 Å². The van der Waals surface area contributed by atoms with E-state index in [1.807, 2.05) is 61.5 Å². The maximum absolute atomic E-state index is 13.0. The summed E-state index contributed by atoms with van der Waals surface area (Å²) in [5.74, 6) is 0.647. The maximum Gasteiger partial charge on any atom is 0.243 e. The van der Waals surface area contributed by atoms with Gasteiger partial charge in [-0.3, -0.25) is 4.79 Å². The molecule has 1 atom stereocenters. The van der Waals surface area contributed by atoms with E-state index in [1.165, 1.54) is 0 Å². The first-order chi connectivity index (χ1) is 17.0. The minimum Gasteiger partial charge on any atom is -0.494 e. The normalized spacial score (nSPS) is 15.3. The monoisotopic (exact) mass is 492 g/mol. The summed E-state index contributed by atoms with van der Waals surface area (Å²) in [5, 5.41) is 3.14. The standard InChI is InChI=1S/C28H32N2O4S/c1-2-34-25-15-13-24(14-16-25)28(23-9-5-3-6-10-23)29-27(31)21-22-11-17-26(18-12-22)35(32,33)30-19-7-4-8-20-30/h3,5-6,9-18,28H,2,4,7-8,19-21H2,1H3,(H,29,31). The van der Waals surface area contributed by atoms with Crippen LogP contribution >= 0.6 is 0 Å². The molecule has 0 aliphatic carbocycles. The Bertz CT molecular complexity index is 1200. The van der Waals surface area contributed by atoms with E-state index in [9.17, 15) is 13.2 Å². The van der Waals surface area contributed by atoms with Gasteiger partial charge in [-0.05, 0) is 60.7 Å². The van der Waals surface area contributed by atoms with Crippen LogP contribution in [0.2, 0.25) is 0 Å². The second-order valence-electron chi connectivity index (χ2n) is 8.70. The Kier molecular flexibility index (Phi) is 8.21. The lowest BCUT2D eigenvalue weighted by Gasteiger charge is -2.25. The molecule has 3 aromatic carbocycles. The average molecular weight is 493 g/mol. The Balaban J connectivity index is 1.46. The molecule has 0 aromatic heterocycles. The molecule has 1 aliphatic heterocycles. The van der Waals surface area contributed by atoms with E-state index in [0.717, 1.165) is 41.7 Å². The van der Waals surface area contributed by atoms with Crippen LogP contribution in [-0.2, 0) is 21.2 Å². The van der Waals surface area contributed by atoms with Crippen LogP contribution in [-0.4, -0.2) is 38.3 Å². The molecule has 0 spiro atoms. The zero-order valence-electron chi connectivity index (χ0n) is 20.0. The number of hydrogen-bond acceptors (Lipinski definition) is 4. The van der Waals surface area contributed by atoms with Crippen LogP contribution in [0.15, 0.2) is 83.8 Å². The second kappa shape index (κ2) is 11.5. The number of hydrogen-bond donors (Lipinski definition) is 1. The number of nitrogens with zero attached hydrogens (tertiary/aromatic N) is 1. The van der Waals surface area contributed by atoms with Crippen molar-refractivity contribution in [1.29, 1.82) is 0 Å². The molecule has 0 radical (unpaired) electrons. The van der Waals surface area contributed by atoms with E-state index in [2.05, 4.69) is 5.32 Å². The van der Waals surface area contributed by atoms with E-state index in [0.29, 0.717) is 19.7 Å². The predicted molar refractivity (Wildman–Crippen MR) is 137 cm³/mol. The van der Waals surface area contributed by atoms with Gasteiger partial charge < -0.3 is 10.1 Å². The van der Waals surface area contributed by atoms with Crippen LogP contribution in [0.5, 0.6) is 5.75 Å². The van der Waals surface area contributed by atoms with E-state index in [1.54, 1.807) is 28.6 Å². The van der Waals surface area contributed by atoms with Gasteiger partial charge in [0.25, 0.3) is 0 Å². The number of piperidine rings is 1. The molecule has 1 amide bonds.